The van der Waals surface area contributed by atoms with Crippen molar-refractivity contribution < 1.29 is 23.9 Å². The first kappa shape index (κ1) is 29.3. The molecule has 6 N–H and O–H groups in total. The number of anilines is 1. The van der Waals surface area contributed by atoms with E-state index in [1.165, 1.54) is 6.07 Å². The minimum Gasteiger partial charge on any atom is -0.466 e. The molecule has 1 saturated heterocycles. The minimum atomic E-state index is -0.572. The number of benzene rings is 2. The topological polar surface area (TPSA) is 159 Å². The molecule has 11 nitrogen and oxygen atoms in total. The summed E-state index contributed by atoms with van der Waals surface area (Å²) < 4.78 is 10.1. The van der Waals surface area contributed by atoms with Gasteiger partial charge in [0.05, 0.1) is 38.8 Å². The number of rotatable bonds is 9. The molecule has 1 aliphatic heterocycles. The molecule has 0 radical (unpaired) electrons. The largest absolute Gasteiger partial charge is 0.466 e. The van der Waals surface area contributed by atoms with E-state index in [0.29, 0.717) is 11.3 Å². The molecule has 0 spiro atoms. The predicted molar refractivity (Wildman–Crippen MR) is 141 cm³/mol. The number of likely N-dealkylation sites (N-methyl/N-ethyl adjacent to an activating group) is 1. The summed E-state index contributed by atoms with van der Waals surface area (Å²) in [6, 6.07) is 14.9. The molecule has 2 amide bonds. The van der Waals surface area contributed by atoms with Crippen molar-refractivity contribution in [3.63, 3.8) is 0 Å². The number of morpholine rings is 1. The quantitative estimate of drug-likeness (QED) is 0.192. The van der Waals surface area contributed by atoms with Gasteiger partial charge >= 0.3 is 5.97 Å². The second-order valence-electron chi connectivity index (χ2n) is 8.26. The highest BCUT2D eigenvalue weighted by molar-refractivity contribution is 5.98. The zero-order valence-electron chi connectivity index (χ0n) is 21.3. The van der Waals surface area contributed by atoms with E-state index in [1.54, 1.807) is 37.3 Å². The Morgan fingerprint density at radius 3 is 2.41 bits per heavy atom. The molecular weight excluding hydrogens is 476 g/mol. The molecule has 2 aromatic rings. The molecule has 1 fully saturated rings. The van der Waals surface area contributed by atoms with Gasteiger partial charge in [0.25, 0.3) is 5.91 Å². The minimum absolute atomic E-state index is 0.0176. The summed E-state index contributed by atoms with van der Waals surface area (Å²) in [4.78, 5) is 38.9. The van der Waals surface area contributed by atoms with Crippen LogP contribution in [0.5, 0.6) is 0 Å². The van der Waals surface area contributed by atoms with Gasteiger partial charge in [0, 0.05) is 24.3 Å². The van der Waals surface area contributed by atoms with E-state index in [2.05, 4.69) is 27.9 Å². The highest BCUT2D eigenvalue weighted by Crippen LogP contribution is 2.17. The van der Waals surface area contributed by atoms with Crippen LogP contribution in [-0.4, -0.2) is 75.1 Å². The molecule has 200 valence electrons. The number of nitrogens with zero attached hydrogens (tertiary/aromatic N) is 1. The molecular formula is C26H36N6O5. The van der Waals surface area contributed by atoms with Gasteiger partial charge in [0.15, 0.2) is 5.96 Å². The normalized spacial score (nSPS) is 13.8. The molecule has 1 unspecified atom stereocenters. The van der Waals surface area contributed by atoms with Gasteiger partial charge in [-0.2, -0.15) is 0 Å². The van der Waals surface area contributed by atoms with Gasteiger partial charge < -0.3 is 36.1 Å². The Morgan fingerprint density at radius 1 is 1.11 bits per heavy atom. The maximum atomic E-state index is 12.4. The molecule has 1 atom stereocenters. The lowest BCUT2D eigenvalue weighted by molar-refractivity contribution is -0.143. The van der Waals surface area contributed by atoms with Gasteiger partial charge in [-0.25, -0.2) is 0 Å². The van der Waals surface area contributed by atoms with E-state index in [0.717, 1.165) is 31.9 Å². The van der Waals surface area contributed by atoms with Crippen LogP contribution in [0.4, 0.5) is 5.69 Å². The van der Waals surface area contributed by atoms with Crippen LogP contribution in [0.15, 0.2) is 54.6 Å². The van der Waals surface area contributed by atoms with E-state index < -0.39 is 23.8 Å². The third kappa shape index (κ3) is 11.5. The number of hydrogen-bond acceptors (Lipinski definition) is 7. The van der Waals surface area contributed by atoms with Gasteiger partial charge in [0.1, 0.15) is 0 Å². The van der Waals surface area contributed by atoms with Gasteiger partial charge in [-0.05, 0) is 37.7 Å². The van der Waals surface area contributed by atoms with Gasteiger partial charge in [-0.1, -0.05) is 36.4 Å². The number of carbonyl (C=O) groups excluding carboxylic acids is 3. The van der Waals surface area contributed by atoms with Crippen molar-refractivity contribution in [2.24, 2.45) is 5.73 Å². The average molecular weight is 513 g/mol. The fourth-order valence-electron chi connectivity index (χ4n) is 3.38. The lowest BCUT2D eigenvalue weighted by Gasteiger charge is -2.21. The predicted octanol–water partition coefficient (Wildman–Crippen LogP) is 1.48. The number of amides is 2. The molecule has 2 aromatic carbocycles. The Morgan fingerprint density at radius 2 is 1.81 bits per heavy atom. The van der Waals surface area contributed by atoms with Crippen molar-refractivity contribution in [3.05, 3.63) is 65.7 Å². The third-order valence-electron chi connectivity index (χ3n) is 5.26. The van der Waals surface area contributed by atoms with Gasteiger partial charge in [0.2, 0.25) is 5.91 Å². The SMILES string of the molecule is CCOC(=O)CC(NC(=O)CNC(=O)c1cccc(NC(=N)N)c1)c1ccccc1.CN1CCOCC1. The molecule has 0 aliphatic carbocycles. The molecule has 0 saturated carbocycles. The van der Waals surface area contributed by atoms with Crippen LogP contribution in [0, 0.1) is 5.41 Å². The monoisotopic (exact) mass is 512 g/mol. The Balaban J connectivity index is 0.000000591. The Kier molecular flexibility index (Phi) is 12.6. The van der Waals surface area contributed by atoms with E-state index in [4.69, 9.17) is 20.6 Å². The van der Waals surface area contributed by atoms with Crippen LogP contribution in [-0.2, 0) is 19.1 Å². The van der Waals surface area contributed by atoms with Crippen molar-refractivity contribution in [1.82, 2.24) is 15.5 Å². The number of guanidine groups is 1. The second kappa shape index (κ2) is 15.9. The van der Waals surface area contributed by atoms with Crippen LogP contribution in [0.3, 0.4) is 0 Å². The zero-order valence-corrected chi connectivity index (χ0v) is 21.3. The summed E-state index contributed by atoms with van der Waals surface area (Å²) in [5.74, 6) is -1.58. The van der Waals surface area contributed by atoms with Crippen molar-refractivity contribution in [1.29, 1.82) is 5.41 Å². The summed E-state index contributed by atoms with van der Waals surface area (Å²) in [6.45, 7) is 5.72. The van der Waals surface area contributed by atoms with Crippen LogP contribution >= 0.6 is 0 Å². The van der Waals surface area contributed by atoms with Crippen LogP contribution in [0.25, 0.3) is 0 Å². The molecule has 11 heteroatoms. The van der Waals surface area contributed by atoms with Crippen molar-refractivity contribution >= 4 is 29.4 Å². The first-order valence-corrected chi connectivity index (χ1v) is 12.0. The zero-order chi connectivity index (χ0) is 27.0. The third-order valence-corrected chi connectivity index (χ3v) is 5.26. The average Bonchev–Trinajstić information content (AvgIpc) is 2.88. The summed E-state index contributed by atoms with van der Waals surface area (Å²) in [7, 11) is 2.11. The maximum Gasteiger partial charge on any atom is 0.308 e. The standard InChI is InChI=1S/C21H25N5O4.C5H11NO/c1-2-30-19(28)12-17(14-7-4-3-5-8-14)26-18(27)13-24-20(29)15-9-6-10-16(11-15)25-21(22)23;1-6-2-4-7-5-3-6/h3-11,17H,2,12-13H2,1H3,(H,24,29)(H,26,27)(H4,22,23,25);2-5H2,1H3. The summed E-state index contributed by atoms with van der Waals surface area (Å²) in [5, 5.41) is 15.1. The van der Waals surface area contributed by atoms with Crippen molar-refractivity contribution in [2.75, 3.05) is 51.8 Å². The van der Waals surface area contributed by atoms with E-state index in [9.17, 15) is 14.4 Å². The molecule has 37 heavy (non-hydrogen) atoms. The second-order valence-corrected chi connectivity index (χ2v) is 8.26. The fourth-order valence-corrected chi connectivity index (χ4v) is 3.38. The number of carbonyl (C=O) groups is 3. The summed E-state index contributed by atoms with van der Waals surface area (Å²) in [6.07, 6.45) is -0.0176. The fraction of sp³-hybridized carbons (Fsp3) is 0.385. The van der Waals surface area contributed by atoms with Crippen LogP contribution in [0.1, 0.15) is 35.3 Å². The Labute approximate surface area is 217 Å². The number of hydrogen-bond donors (Lipinski definition) is 5. The highest BCUT2D eigenvalue weighted by atomic mass is 16.5. The number of nitrogens with one attached hydrogen (secondary N) is 4. The lowest BCUT2D eigenvalue weighted by Crippen LogP contribution is -2.39. The summed E-state index contributed by atoms with van der Waals surface area (Å²) in [5.41, 5.74) is 6.83. The van der Waals surface area contributed by atoms with Crippen LogP contribution in [0.2, 0.25) is 0 Å². The lowest BCUT2D eigenvalue weighted by atomic mass is 10.0. The highest BCUT2D eigenvalue weighted by Gasteiger charge is 2.19. The molecule has 0 aromatic heterocycles. The number of ether oxygens (including phenoxy) is 2. The number of esters is 1. The van der Waals surface area contributed by atoms with E-state index >= 15 is 0 Å². The first-order valence-electron chi connectivity index (χ1n) is 12.0. The van der Waals surface area contributed by atoms with E-state index in [-0.39, 0.29) is 25.5 Å². The smallest absolute Gasteiger partial charge is 0.308 e. The van der Waals surface area contributed by atoms with Gasteiger partial charge in [-0.15, -0.1) is 0 Å². The Hall–Kier alpha value is -3.96. The molecule has 1 aliphatic rings. The Bertz CT molecular complexity index is 1030. The summed E-state index contributed by atoms with van der Waals surface area (Å²) >= 11 is 0. The van der Waals surface area contributed by atoms with Gasteiger partial charge in [-0.3, -0.25) is 19.8 Å². The molecule has 0 bridgehead atoms. The van der Waals surface area contributed by atoms with Crippen LogP contribution < -0.4 is 21.7 Å². The molecule has 3 rings (SSSR count). The van der Waals surface area contributed by atoms with E-state index in [1.807, 2.05) is 18.2 Å². The maximum absolute atomic E-state index is 12.4. The molecule has 1 heterocycles. The first-order chi connectivity index (χ1) is 17.8. The van der Waals surface area contributed by atoms with Crippen molar-refractivity contribution in [3.8, 4) is 0 Å². The van der Waals surface area contributed by atoms with Crippen molar-refractivity contribution in [2.45, 2.75) is 19.4 Å². The number of nitrogens with two attached hydrogens (primary N) is 1.